The molecule has 19 heavy (non-hydrogen) atoms. The smallest absolute Gasteiger partial charge is 0.237 e. The summed E-state index contributed by atoms with van der Waals surface area (Å²) in [6.07, 6.45) is 0. The predicted molar refractivity (Wildman–Crippen MR) is 71.2 cm³/mol. The average Bonchev–Trinajstić information content (AvgIpc) is 2.39. The number of benzene rings is 1. The van der Waals surface area contributed by atoms with E-state index < -0.39 is 11.9 Å². The van der Waals surface area contributed by atoms with E-state index in [2.05, 4.69) is 0 Å². The number of amides is 1. The van der Waals surface area contributed by atoms with E-state index in [0.717, 1.165) is 0 Å². The molecule has 0 spiro atoms. The number of ether oxygens (including phenoxy) is 1. The molecular formula is C13H15ClN2O3. The first-order chi connectivity index (χ1) is 9.09. The Morgan fingerprint density at radius 2 is 2.16 bits per heavy atom. The number of ketones is 1. The van der Waals surface area contributed by atoms with Gasteiger partial charge in [0.15, 0.2) is 5.78 Å². The first-order valence-corrected chi connectivity index (χ1v) is 6.36. The molecule has 1 heterocycles. The lowest BCUT2D eigenvalue weighted by Crippen LogP contribution is -2.53. The first kappa shape index (κ1) is 14.0. The number of hydrogen-bond acceptors (Lipinski definition) is 4. The normalized spacial score (nSPS) is 20.2. The predicted octanol–water partition coefficient (Wildman–Crippen LogP) is 0.709. The van der Waals surface area contributed by atoms with Crippen molar-refractivity contribution in [3.8, 4) is 0 Å². The number of rotatable bonds is 4. The summed E-state index contributed by atoms with van der Waals surface area (Å²) < 4.78 is 5.20. The highest BCUT2D eigenvalue weighted by Crippen LogP contribution is 2.17. The SMILES string of the molecule is NC(=O)C1COCCN1CC(=O)c1ccccc1Cl. The van der Waals surface area contributed by atoms with Crippen molar-refractivity contribution in [2.75, 3.05) is 26.3 Å². The third-order valence-electron chi connectivity index (χ3n) is 3.09. The summed E-state index contributed by atoms with van der Waals surface area (Å²) in [6, 6.07) is 6.30. The highest BCUT2D eigenvalue weighted by Gasteiger charge is 2.29. The van der Waals surface area contributed by atoms with Crippen LogP contribution in [0.25, 0.3) is 0 Å². The summed E-state index contributed by atoms with van der Waals surface area (Å²) >= 11 is 5.98. The fraction of sp³-hybridized carbons (Fsp3) is 0.385. The van der Waals surface area contributed by atoms with Gasteiger partial charge in [0.25, 0.3) is 0 Å². The number of carbonyl (C=O) groups excluding carboxylic acids is 2. The molecule has 5 nitrogen and oxygen atoms in total. The summed E-state index contributed by atoms with van der Waals surface area (Å²) in [6.45, 7) is 1.33. The third-order valence-corrected chi connectivity index (χ3v) is 3.42. The minimum absolute atomic E-state index is 0.112. The molecule has 1 unspecified atom stereocenters. The van der Waals surface area contributed by atoms with Crippen LogP contribution in [0.4, 0.5) is 0 Å². The molecule has 0 aliphatic carbocycles. The van der Waals surface area contributed by atoms with Crippen LogP contribution in [0.2, 0.25) is 5.02 Å². The van der Waals surface area contributed by atoms with E-state index in [1.165, 1.54) is 0 Å². The van der Waals surface area contributed by atoms with Crippen LogP contribution in [0.15, 0.2) is 24.3 Å². The topological polar surface area (TPSA) is 72.6 Å². The van der Waals surface area contributed by atoms with Crippen LogP contribution in [-0.2, 0) is 9.53 Å². The fourth-order valence-corrected chi connectivity index (χ4v) is 2.29. The van der Waals surface area contributed by atoms with Crippen LogP contribution in [0, 0.1) is 0 Å². The Kier molecular flexibility index (Phi) is 4.52. The molecular weight excluding hydrogens is 268 g/mol. The molecule has 1 amide bonds. The van der Waals surface area contributed by atoms with E-state index >= 15 is 0 Å². The minimum Gasteiger partial charge on any atom is -0.378 e. The largest absolute Gasteiger partial charge is 0.378 e. The molecule has 1 aliphatic rings. The second-order valence-corrected chi connectivity index (χ2v) is 4.77. The zero-order valence-electron chi connectivity index (χ0n) is 10.3. The number of nitrogens with zero attached hydrogens (tertiary/aromatic N) is 1. The van der Waals surface area contributed by atoms with Crippen LogP contribution in [0.1, 0.15) is 10.4 Å². The van der Waals surface area contributed by atoms with Gasteiger partial charge < -0.3 is 10.5 Å². The number of halogens is 1. The number of hydrogen-bond donors (Lipinski definition) is 1. The van der Waals surface area contributed by atoms with Crippen molar-refractivity contribution < 1.29 is 14.3 Å². The molecule has 1 aromatic rings. The summed E-state index contributed by atoms with van der Waals surface area (Å²) in [5.41, 5.74) is 5.76. The van der Waals surface area contributed by atoms with Gasteiger partial charge in [0, 0.05) is 12.1 Å². The Hall–Kier alpha value is -1.43. The van der Waals surface area contributed by atoms with Gasteiger partial charge in [0.05, 0.1) is 24.8 Å². The summed E-state index contributed by atoms with van der Waals surface area (Å²) in [5.74, 6) is -0.606. The first-order valence-electron chi connectivity index (χ1n) is 5.98. The molecule has 2 N–H and O–H groups in total. The fourth-order valence-electron chi connectivity index (χ4n) is 2.05. The van der Waals surface area contributed by atoms with Gasteiger partial charge in [0.1, 0.15) is 6.04 Å². The molecule has 1 aromatic carbocycles. The van der Waals surface area contributed by atoms with Gasteiger partial charge in [-0.15, -0.1) is 0 Å². The molecule has 6 heteroatoms. The Balaban J connectivity index is 2.09. The molecule has 1 saturated heterocycles. The molecule has 0 saturated carbocycles. The monoisotopic (exact) mass is 282 g/mol. The van der Waals surface area contributed by atoms with Crippen LogP contribution < -0.4 is 5.73 Å². The van der Waals surface area contributed by atoms with Crippen molar-refractivity contribution in [2.24, 2.45) is 5.73 Å². The molecule has 0 bridgehead atoms. The number of carbonyl (C=O) groups is 2. The maximum absolute atomic E-state index is 12.2. The zero-order chi connectivity index (χ0) is 13.8. The number of Topliss-reactive ketones (excluding diaryl/α,β-unsaturated/α-hetero) is 1. The van der Waals surface area contributed by atoms with E-state index in [1.54, 1.807) is 29.2 Å². The number of nitrogens with two attached hydrogens (primary N) is 1. The van der Waals surface area contributed by atoms with E-state index in [0.29, 0.717) is 23.7 Å². The van der Waals surface area contributed by atoms with E-state index in [9.17, 15) is 9.59 Å². The van der Waals surface area contributed by atoms with Gasteiger partial charge in [-0.25, -0.2) is 0 Å². The van der Waals surface area contributed by atoms with Crippen molar-refractivity contribution in [3.63, 3.8) is 0 Å². The summed E-state index contributed by atoms with van der Waals surface area (Å²) in [7, 11) is 0. The Morgan fingerprint density at radius 1 is 1.42 bits per heavy atom. The van der Waals surface area contributed by atoms with Gasteiger partial charge in [-0.2, -0.15) is 0 Å². The van der Waals surface area contributed by atoms with Crippen LogP contribution in [0.5, 0.6) is 0 Å². The lowest BCUT2D eigenvalue weighted by molar-refractivity contribution is -0.128. The summed E-state index contributed by atoms with van der Waals surface area (Å²) in [4.78, 5) is 25.2. The van der Waals surface area contributed by atoms with E-state index in [4.69, 9.17) is 22.1 Å². The van der Waals surface area contributed by atoms with Gasteiger partial charge in [-0.05, 0) is 12.1 Å². The second kappa shape index (κ2) is 6.14. The van der Waals surface area contributed by atoms with Gasteiger partial charge in [-0.1, -0.05) is 23.7 Å². The van der Waals surface area contributed by atoms with Crippen LogP contribution >= 0.6 is 11.6 Å². The van der Waals surface area contributed by atoms with Gasteiger partial charge >= 0.3 is 0 Å². The zero-order valence-corrected chi connectivity index (χ0v) is 11.1. The van der Waals surface area contributed by atoms with Crippen molar-refractivity contribution in [2.45, 2.75) is 6.04 Å². The van der Waals surface area contributed by atoms with Crippen LogP contribution in [0.3, 0.4) is 0 Å². The molecule has 1 fully saturated rings. The maximum Gasteiger partial charge on any atom is 0.237 e. The lowest BCUT2D eigenvalue weighted by atomic mass is 10.1. The van der Waals surface area contributed by atoms with Crippen LogP contribution in [-0.4, -0.2) is 48.9 Å². The third kappa shape index (κ3) is 3.32. The lowest BCUT2D eigenvalue weighted by Gasteiger charge is -2.32. The van der Waals surface area contributed by atoms with E-state index in [-0.39, 0.29) is 18.9 Å². The van der Waals surface area contributed by atoms with E-state index in [1.807, 2.05) is 0 Å². The maximum atomic E-state index is 12.2. The molecule has 0 aromatic heterocycles. The molecule has 0 radical (unpaired) electrons. The second-order valence-electron chi connectivity index (χ2n) is 4.37. The van der Waals surface area contributed by atoms with Crippen molar-refractivity contribution in [3.05, 3.63) is 34.9 Å². The molecule has 102 valence electrons. The number of primary amides is 1. The Morgan fingerprint density at radius 3 is 2.84 bits per heavy atom. The minimum atomic E-state index is -0.555. The molecule has 1 atom stereocenters. The highest BCUT2D eigenvalue weighted by molar-refractivity contribution is 6.34. The average molecular weight is 283 g/mol. The summed E-state index contributed by atoms with van der Waals surface area (Å²) in [5, 5.41) is 0.413. The van der Waals surface area contributed by atoms with Crippen molar-refractivity contribution in [1.29, 1.82) is 0 Å². The van der Waals surface area contributed by atoms with Gasteiger partial charge in [0.2, 0.25) is 5.91 Å². The van der Waals surface area contributed by atoms with Crippen molar-refractivity contribution >= 4 is 23.3 Å². The Bertz CT molecular complexity index is 493. The molecule has 2 rings (SSSR count). The Labute approximate surface area is 116 Å². The highest BCUT2D eigenvalue weighted by atomic mass is 35.5. The van der Waals surface area contributed by atoms with Crippen molar-refractivity contribution in [1.82, 2.24) is 4.90 Å². The number of morpholine rings is 1. The quantitative estimate of drug-likeness (QED) is 0.826. The standard InChI is InChI=1S/C13H15ClN2O3/c14-10-4-2-1-3-9(10)12(17)7-16-5-6-19-8-11(16)13(15)18/h1-4,11H,5-8H2,(H2,15,18). The molecule has 1 aliphatic heterocycles. The van der Waals surface area contributed by atoms with Gasteiger partial charge in [-0.3, -0.25) is 14.5 Å².